The van der Waals surface area contributed by atoms with Crippen LogP contribution in [0.2, 0.25) is 0 Å². The minimum Gasteiger partial charge on any atom is -0.459 e. The maximum atomic E-state index is 12.6. The average Bonchev–Trinajstić information content (AvgIpc) is 3.41. The second-order valence-corrected chi connectivity index (χ2v) is 8.20. The second kappa shape index (κ2) is 8.71. The van der Waals surface area contributed by atoms with Crippen LogP contribution in [0.3, 0.4) is 0 Å². The van der Waals surface area contributed by atoms with Crippen LogP contribution >= 0.6 is 11.3 Å². The number of rotatable bonds is 6. The number of piperidine rings is 1. The van der Waals surface area contributed by atoms with Crippen LogP contribution in [0.1, 0.15) is 58.8 Å². The first-order chi connectivity index (χ1) is 13.8. The van der Waals surface area contributed by atoms with Gasteiger partial charge in [0.15, 0.2) is 5.76 Å². The van der Waals surface area contributed by atoms with Gasteiger partial charge in [-0.3, -0.25) is 14.7 Å². The van der Waals surface area contributed by atoms with Crippen LogP contribution in [0.25, 0.3) is 0 Å². The Hall–Kier alpha value is -2.44. The zero-order chi connectivity index (χ0) is 19.3. The summed E-state index contributed by atoms with van der Waals surface area (Å²) >= 11 is 1.65. The van der Waals surface area contributed by atoms with Crippen molar-refractivity contribution in [3.05, 3.63) is 70.8 Å². The van der Waals surface area contributed by atoms with Gasteiger partial charge in [-0.25, -0.2) is 0 Å². The number of nitrogens with one attached hydrogen (secondary N) is 1. The Bertz CT molecular complexity index is 899. The molecule has 28 heavy (non-hydrogen) atoms. The standard InChI is InChI=1S/C22H25N3O2S/c1-2-17-14-18(22(28-17)24-21(26)19-9-7-13-27-19)20(16-8-6-10-23-15-16)25-11-4-3-5-12-25/h6-10,13-15,20H,2-5,11-12H2,1H3,(H,24,26)/t20-/m1/s1. The molecule has 1 saturated heterocycles. The fourth-order valence-electron chi connectivity index (χ4n) is 3.81. The number of thiophene rings is 1. The number of likely N-dealkylation sites (tertiary alicyclic amines) is 1. The third kappa shape index (κ3) is 4.03. The highest BCUT2D eigenvalue weighted by Crippen LogP contribution is 2.40. The highest BCUT2D eigenvalue weighted by Gasteiger charge is 2.28. The van der Waals surface area contributed by atoms with Crippen molar-refractivity contribution in [1.29, 1.82) is 0 Å². The van der Waals surface area contributed by atoms with Crippen LogP contribution in [0.15, 0.2) is 53.4 Å². The quantitative estimate of drug-likeness (QED) is 0.629. The smallest absolute Gasteiger partial charge is 0.291 e. The van der Waals surface area contributed by atoms with Crippen molar-refractivity contribution >= 4 is 22.2 Å². The maximum Gasteiger partial charge on any atom is 0.291 e. The van der Waals surface area contributed by atoms with Gasteiger partial charge < -0.3 is 9.73 Å². The predicted octanol–water partition coefficient (Wildman–Crippen LogP) is 5.13. The predicted molar refractivity (Wildman–Crippen MR) is 112 cm³/mol. The Morgan fingerprint density at radius 2 is 2.14 bits per heavy atom. The molecule has 1 aliphatic heterocycles. The van der Waals surface area contributed by atoms with E-state index in [1.54, 1.807) is 29.7 Å². The van der Waals surface area contributed by atoms with Crippen molar-refractivity contribution in [2.75, 3.05) is 18.4 Å². The molecule has 4 heterocycles. The summed E-state index contributed by atoms with van der Waals surface area (Å²) in [7, 11) is 0. The number of carbonyl (C=O) groups is 1. The summed E-state index contributed by atoms with van der Waals surface area (Å²) in [6.45, 7) is 4.26. The molecule has 1 atom stereocenters. The monoisotopic (exact) mass is 395 g/mol. The lowest BCUT2D eigenvalue weighted by Gasteiger charge is -2.35. The molecule has 6 heteroatoms. The van der Waals surface area contributed by atoms with Crippen molar-refractivity contribution in [3.8, 4) is 0 Å². The number of hydrogen-bond acceptors (Lipinski definition) is 5. The average molecular weight is 396 g/mol. The van der Waals surface area contributed by atoms with Crippen molar-refractivity contribution in [2.24, 2.45) is 0 Å². The number of hydrogen-bond donors (Lipinski definition) is 1. The summed E-state index contributed by atoms with van der Waals surface area (Å²) in [4.78, 5) is 20.8. The molecule has 0 radical (unpaired) electrons. The van der Waals surface area contributed by atoms with Crippen LogP contribution < -0.4 is 5.32 Å². The molecular formula is C22H25N3O2S. The maximum absolute atomic E-state index is 12.6. The third-order valence-corrected chi connectivity index (χ3v) is 6.39. The number of amides is 1. The Labute approximate surface area is 169 Å². The van der Waals surface area contributed by atoms with E-state index in [2.05, 4.69) is 34.3 Å². The molecule has 0 spiro atoms. The van der Waals surface area contributed by atoms with Crippen LogP contribution in [0, 0.1) is 0 Å². The molecule has 3 aromatic rings. The van der Waals surface area contributed by atoms with E-state index in [-0.39, 0.29) is 11.9 Å². The van der Waals surface area contributed by atoms with Crippen LogP contribution in [0.5, 0.6) is 0 Å². The number of aromatic nitrogens is 1. The normalized spacial score (nSPS) is 16.0. The van der Waals surface area contributed by atoms with Gasteiger partial charge in [0.2, 0.25) is 0 Å². The van der Waals surface area contributed by atoms with Gasteiger partial charge in [0.05, 0.1) is 12.3 Å². The third-order valence-electron chi connectivity index (χ3n) is 5.18. The Kier molecular flexibility index (Phi) is 5.88. The molecule has 5 nitrogen and oxygen atoms in total. The lowest BCUT2D eigenvalue weighted by molar-refractivity contribution is 0.0996. The lowest BCUT2D eigenvalue weighted by Crippen LogP contribution is -2.34. The molecule has 0 saturated carbocycles. The van der Waals surface area contributed by atoms with Crippen molar-refractivity contribution in [2.45, 2.75) is 38.6 Å². The van der Waals surface area contributed by atoms with Crippen molar-refractivity contribution < 1.29 is 9.21 Å². The highest BCUT2D eigenvalue weighted by molar-refractivity contribution is 7.16. The Morgan fingerprint density at radius 1 is 1.29 bits per heavy atom. The summed E-state index contributed by atoms with van der Waals surface area (Å²) < 4.78 is 5.27. The molecule has 146 valence electrons. The molecule has 0 aliphatic carbocycles. The van der Waals surface area contributed by atoms with Gasteiger partial charge in [0, 0.05) is 22.8 Å². The van der Waals surface area contributed by atoms with Crippen molar-refractivity contribution in [1.82, 2.24) is 9.88 Å². The Balaban J connectivity index is 1.72. The highest BCUT2D eigenvalue weighted by atomic mass is 32.1. The van der Waals surface area contributed by atoms with Crippen LogP contribution in [-0.4, -0.2) is 28.9 Å². The van der Waals surface area contributed by atoms with E-state index < -0.39 is 0 Å². The lowest BCUT2D eigenvalue weighted by atomic mass is 9.97. The van der Waals surface area contributed by atoms with E-state index in [1.807, 2.05) is 12.3 Å². The van der Waals surface area contributed by atoms with E-state index in [9.17, 15) is 4.79 Å². The second-order valence-electron chi connectivity index (χ2n) is 7.07. The van der Waals surface area contributed by atoms with E-state index in [0.717, 1.165) is 30.1 Å². The summed E-state index contributed by atoms with van der Waals surface area (Å²) in [6.07, 6.45) is 9.90. The van der Waals surface area contributed by atoms with E-state index in [4.69, 9.17) is 4.42 Å². The number of furan rings is 1. The SMILES string of the molecule is CCc1cc([C@@H](c2cccnc2)N2CCCCC2)c(NC(=O)c2ccco2)s1. The first-order valence-corrected chi connectivity index (χ1v) is 10.7. The minimum absolute atomic E-state index is 0.0949. The first-order valence-electron chi connectivity index (χ1n) is 9.87. The van der Waals surface area contributed by atoms with E-state index >= 15 is 0 Å². The summed E-state index contributed by atoms with van der Waals surface area (Å²) in [6, 6.07) is 9.88. The number of nitrogens with zero attached hydrogens (tertiary/aromatic N) is 2. The molecular weight excluding hydrogens is 370 g/mol. The molecule has 1 amide bonds. The molecule has 0 unspecified atom stereocenters. The summed E-state index contributed by atoms with van der Waals surface area (Å²) in [5.41, 5.74) is 2.31. The van der Waals surface area contributed by atoms with Crippen LogP contribution in [-0.2, 0) is 6.42 Å². The fourth-order valence-corrected chi connectivity index (χ4v) is 4.83. The van der Waals surface area contributed by atoms with Gasteiger partial charge in [0.1, 0.15) is 5.00 Å². The van der Waals surface area contributed by atoms with Gasteiger partial charge in [-0.2, -0.15) is 0 Å². The summed E-state index contributed by atoms with van der Waals surface area (Å²) in [5.74, 6) is 0.118. The molecule has 1 fully saturated rings. The fraction of sp³-hybridized carbons (Fsp3) is 0.364. The topological polar surface area (TPSA) is 58.4 Å². The molecule has 1 N–H and O–H groups in total. The van der Waals surface area contributed by atoms with Crippen LogP contribution in [0.4, 0.5) is 5.00 Å². The molecule has 1 aliphatic rings. The number of pyridine rings is 1. The van der Waals surface area contributed by atoms with E-state index in [0.29, 0.717) is 5.76 Å². The molecule has 0 bridgehead atoms. The molecule has 0 aromatic carbocycles. The Morgan fingerprint density at radius 3 is 2.82 bits per heavy atom. The van der Waals surface area contributed by atoms with Gasteiger partial charge in [-0.1, -0.05) is 19.4 Å². The summed E-state index contributed by atoms with van der Waals surface area (Å²) in [5, 5.41) is 4.00. The number of carbonyl (C=O) groups excluding carboxylic acids is 1. The zero-order valence-corrected chi connectivity index (χ0v) is 16.9. The van der Waals surface area contributed by atoms with Gasteiger partial charge in [-0.05, 0) is 62.2 Å². The number of anilines is 1. The minimum atomic E-state index is -0.209. The molecule has 4 rings (SSSR count). The van der Waals surface area contributed by atoms with E-state index in [1.165, 1.54) is 36.0 Å². The first kappa shape index (κ1) is 18.9. The van der Waals surface area contributed by atoms with Gasteiger partial charge in [0.25, 0.3) is 5.91 Å². The van der Waals surface area contributed by atoms with Gasteiger partial charge >= 0.3 is 0 Å². The zero-order valence-electron chi connectivity index (χ0n) is 16.1. The number of aryl methyl sites for hydroxylation is 1. The molecule has 3 aromatic heterocycles. The van der Waals surface area contributed by atoms with Gasteiger partial charge in [-0.15, -0.1) is 11.3 Å². The van der Waals surface area contributed by atoms with Crippen molar-refractivity contribution in [3.63, 3.8) is 0 Å². The largest absolute Gasteiger partial charge is 0.459 e.